The molecule has 5 N–H and O–H groups in total. The summed E-state index contributed by atoms with van der Waals surface area (Å²) in [7, 11) is 0. The number of anilines is 1. The van der Waals surface area contributed by atoms with Crippen molar-refractivity contribution < 1.29 is 9.18 Å². The first kappa shape index (κ1) is 21.4. The van der Waals surface area contributed by atoms with E-state index in [1.807, 2.05) is 42.9 Å². The highest BCUT2D eigenvalue weighted by molar-refractivity contribution is 6.11. The van der Waals surface area contributed by atoms with Gasteiger partial charge in [-0.05, 0) is 50.3 Å². The molecule has 0 radical (unpaired) electrons. The van der Waals surface area contributed by atoms with Gasteiger partial charge in [-0.15, -0.1) is 0 Å². The number of benzene rings is 1. The minimum Gasteiger partial charge on any atom is -0.378 e. The van der Waals surface area contributed by atoms with Crippen LogP contribution < -0.4 is 16.4 Å². The number of H-pyrrole nitrogens is 1. The molecule has 174 valence electrons. The van der Waals surface area contributed by atoms with Crippen LogP contribution in [-0.4, -0.2) is 42.5 Å². The molecule has 2 aliphatic rings. The Morgan fingerprint density at radius 2 is 2.18 bits per heavy atom. The van der Waals surface area contributed by atoms with Crippen LogP contribution >= 0.6 is 0 Å². The summed E-state index contributed by atoms with van der Waals surface area (Å²) in [5.74, 6) is -0.276. The summed E-state index contributed by atoms with van der Waals surface area (Å²) in [5.41, 5.74) is 8.93. The fourth-order valence-corrected chi connectivity index (χ4v) is 3.77. The number of allylic oxidation sites excluding steroid dienone is 1. The van der Waals surface area contributed by atoms with Crippen molar-refractivity contribution in [2.75, 3.05) is 5.32 Å². The Morgan fingerprint density at radius 1 is 1.32 bits per heavy atom. The molecule has 0 saturated heterocycles. The number of rotatable bonds is 7. The number of fused-ring (bicyclic) bond motifs is 1. The quantitative estimate of drug-likeness (QED) is 0.428. The maximum Gasteiger partial charge on any atom is 0.268 e. The van der Waals surface area contributed by atoms with Crippen molar-refractivity contribution in [2.45, 2.75) is 32.6 Å². The van der Waals surface area contributed by atoms with Crippen molar-refractivity contribution in [1.29, 1.82) is 0 Å². The normalized spacial score (nSPS) is 16.8. The van der Waals surface area contributed by atoms with Crippen LogP contribution in [0.3, 0.4) is 0 Å². The van der Waals surface area contributed by atoms with Gasteiger partial charge in [-0.1, -0.05) is 6.07 Å². The second kappa shape index (κ2) is 8.50. The van der Waals surface area contributed by atoms with Crippen LogP contribution in [0.25, 0.3) is 11.4 Å². The van der Waals surface area contributed by atoms with Crippen LogP contribution in [0.5, 0.6) is 0 Å². The van der Waals surface area contributed by atoms with Gasteiger partial charge in [0.25, 0.3) is 5.91 Å². The maximum atomic E-state index is 13.5. The molecule has 0 aliphatic carbocycles. The minimum absolute atomic E-state index is 0.195. The molecule has 5 rings (SSSR count). The maximum absolute atomic E-state index is 13.5. The van der Waals surface area contributed by atoms with Crippen LogP contribution in [0, 0.1) is 5.82 Å². The zero-order valence-electron chi connectivity index (χ0n) is 18.7. The Labute approximate surface area is 195 Å². The second-order valence-corrected chi connectivity index (χ2v) is 8.24. The van der Waals surface area contributed by atoms with Gasteiger partial charge in [-0.2, -0.15) is 10.2 Å². The van der Waals surface area contributed by atoms with Crippen LogP contribution in [0.1, 0.15) is 31.4 Å². The van der Waals surface area contributed by atoms with Crippen LogP contribution in [0.4, 0.5) is 10.1 Å². The van der Waals surface area contributed by atoms with E-state index in [1.54, 1.807) is 18.3 Å². The molecule has 3 aromatic rings. The highest BCUT2D eigenvalue weighted by atomic mass is 19.1. The third-order valence-electron chi connectivity index (χ3n) is 5.48. The lowest BCUT2D eigenvalue weighted by atomic mass is 10.1. The van der Waals surface area contributed by atoms with Crippen molar-refractivity contribution in [2.24, 2.45) is 10.8 Å². The summed E-state index contributed by atoms with van der Waals surface area (Å²) in [5, 5.41) is 17.1. The van der Waals surface area contributed by atoms with Gasteiger partial charge in [0.1, 0.15) is 40.6 Å². The third-order valence-corrected chi connectivity index (χ3v) is 5.48. The summed E-state index contributed by atoms with van der Waals surface area (Å²) in [6.45, 7) is 4.43. The largest absolute Gasteiger partial charge is 0.378 e. The Kier molecular flexibility index (Phi) is 5.36. The average molecular weight is 462 g/mol. The molecular weight excluding hydrogens is 437 g/mol. The molecule has 1 amide bonds. The molecule has 4 heterocycles. The van der Waals surface area contributed by atoms with Gasteiger partial charge in [-0.3, -0.25) is 9.48 Å². The van der Waals surface area contributed by atoms with E-state index >= 15 is 0 Å². The SMILES string of the molecule is CC(C)n1ccc(-c2[nH]c(CNc3cccc(F)c3)nc2C2=NN3C(C(N)=O)=CNC3C=C2)n1. The Hall–Kier alpha value is -4.41. The number of aromatic nitrogens is 4. The van der Waals surface area contributed by atoms with E-state index in [9.17, 15) is 9.18 Å². The predicted molar refractivity (Wildman–Crippen MR) is 126 cm³/mol. The number of nitrogens with zero attached hydrogens (tertiary/aromatic N) is 5. The molecule has 0 fully saturated rings. The van der Waals surface area contributed by atoms with Crippen LogP contribution in [0.2, 0.25) is 0 Å². The fourth-order valence-electron chi connectivity index (χ4n) is 3.77. The van der Waals surface area contributed by atoms with Gasteiger partial charge in [0, 0.05) is 24.1 Å². The number of nitrogens with one attached hydrogen (secondary N) is 3. The minimum atomic E-state index is -0.577. The third kappa shape index (κ3) is 4.03. The van der Waals surface area contributed by atoms with E-state index in [0.717, 1.165) is 0 Å². The summed E-state index contributed by atoms with van der Waals surface area (Å²) < 4.78 is 15.4. The van der Waals surface area contributed by atoms with E-state index in [4.69, 9.17) is 10.7 Å². The molecule has 1 unspecified atom stereocenters. The van der Waals surface area contributed by atoms with Crippen molar-refractivity contribution in [3.63, 3.8) is 0 Å². The van der Waals surface area contributed by atoms with Gasteiger partial charge in [0.05, 0.1) is 12.2 Å². The average Bonchev–Trinajstić information content (AvgIpc) is 3.55. The van der Waals surface area contributed by atoms with Crippen LogP contribution in [0.15, 0.2) is 65.7 Å². The highest BCUT2D eigenvalue weighted by Crippen LogP contribution is 2.26. The van der Waals surface area contributed by atoms with Crippen molar-refractivity contribution in [3.05, 3.63) is 77.9 Å². The Balaban J connectivity index is 1.51. The number of hydrogen-bond donors (Lipinski definition) is 4. The first-order valence-corrected chi connectivity index (χ1v) is 10.9. The van der Waals surface area contributed by atoms with Gasteiger partial charge in [0.2, 0.25) is 0 Å². The summed E-state index contributed by atoms with van der Waals surface area (Å²) >= 11 is 0. The number of hydrogen-bond acceptors (Lipinski definition) is 7. The van der Waals surface area contributed by atoms with Crippen LogP contribution in [-0.2, 0) is 11.3 Å². The van der Waals surface area contributed by atoms with E-state index in [2.05, 4.69) is 25.8 Å². The molecular formula is C23H24FN9O. The lowest BCUT2D eigenvalue weighted by Gasteiger charge is -2.24. The molecule has 1 atom stereocenters. The molecule has 1 aromatic carbocycles. The van der Waals surface area contributed by atoms with Gasteiger partial charge in [0.15, 0.2) is 0 Å². The molecule has 11 heteroatoms. The number of primary amides is 1. The monoisotopic (exact) mass is 461 g/mol. The van der Waals surface area contributed by atoms with Crippen molar-refractivity contribution >= 4 is 17.3 Å². The molecule has 34 heavy (non-hydrogen) atoms. The van der Waals surface area contributed by atoms with E-state index in [-0.39, 0.29) is 23.7 Å². The molecule has 0 saturated carbocycles. The first-order valence-electron chi connectivity index (χ1n) is 10.9. The number of hydrazone groups is 1. The van der Waals surface area contributed by atoms with Gasteiger partial charge in [-0.25, -0.2) is 14.4 Å². The predicted octanol–water partition coefficient (Wildman–Crippen LogP) is 2.44. The number of nitrogens with two attached hydrogens (primary N) is 1. The number of carbonyl (C=O) groups is 1. The number of imidazole rings is 1. The van der Waals surface area contributed by atoms with E-state index in [1.165, 1.54) is 17.1 Å². The van der Waals surface area contributed by atoms with Gasteiger partial charge < -0.3 is 21.4 Å². The standard InChI is InChI=1S/C23H24FN9O/c1-13(2)32-9-8-17(30-32)22-21(16-6-7-20-27-11-18(23(25)34)33(20)31-16)28-19(29-22)12-26-15-5-3-4-14(24)10-15/h3-11,13,20,26-27H,12H2,1-2H3,(H2,25,34)(H,28,29). The van der Waals surface area contributed by atoms with E-state index in [0.29, 0.717) is 40.9 Å². The second-order valence-electron chi connectivity index (χ2n) is 8.24. The van der Waals surface area contributed by atoms with E-state index < -0.39 is 5.91 Å². The summed E-state index contributed by atoms with van der Waals surface area (Å²) in [6.07, 6.45) is 6.89. The Morgan fingerprint density at radius 3 is 2.91 bits per heavy atom. The molecule has 2 aliphatic heterocycles. The zero-order valence-corrected chi connectivity index (χ0v) is 18.7. The Bertz CT molecular complexity index is 1330. The lowest BCUT2D eigenvalue weighted by molar-refractivity contribution is -0.116. The molecule has 0 spiro atoms. The smallest absolute Gasteiger partial charge is 0.268 e. The first-order chi connectivity index (χ1) is 16.4. The van der Waals surface area contributed by atoms with Gasteiger partial charge >= 0.3 is 0 Å². The topological polar surface area (TPSA) is 129 Å². The zero-order chi connectivity index (χ0) is 23.8. The fraction of sp³-hybridized carbons (Fsp3) is 0.217. The molecule has 10 nitrogen and oxygen atoms in total. The molecule has 2 aromatic heterocycles. The molecule has 0 bridgehead atoms. The number of aromatic amines is 1. The van der Waals surface area contributed by atoms with Crippen molar-refractivity contribution in [1.82, 2.24) is 30.1 Å². The lowest BCUT2D eigenvalue weighted by Crippen LogP contribution is -2.37. The summed E-state index contributed by atoms with van der Waals surface area (Å²) in [6, 6.07) is 8.33. The number of halogens is 1. The van der Waals surface area contributed by atoms with Crippen molar-refractivity contribution in [3.8, 4) is 11.4 Å². The summed E-state index contributed by atoms with van der Waals surface area (Å²) in [4.78, 5) is 19.9. The highest BCUT2D eigenvalue weighted by Gasteiger charge is 2.31. The number of amides is 1. The number of carbonyl (C=O) groups excluding carboxylic acids is 1.